The van der Waals surface area contributed by atoms with Gasteiger partial charge in [-0.2, -0.15) is 0 Å². The van der Waals surface area contributed by atoms with Gasteiger partial charge in [0.25, 0.3) is 0 Å². The Bertz CT molecular complexity index is 688. The van der Waals surface area contributed by atoms with Gasteiger partial charge >= 0.3 is 0 Å². The van der Waals surface area contributed by atoms with E-state index in [0.717, 1.165) is 49.9 Å². The molecule has 0 aliphatic heterocycles. The molecule has 8 heteroatoms. The zero-order valence-electron chi connectivity index (χ0n) is 12.0. The van der Waals surface area contributed by atoms with Crippen LogP contribution in [0.5, 0.6) is 0 Å². The third kappa shape index (κ3) is 2.82. The van der Waals surface area contributed by atoms with E-state index in [1.165, 1.54) is 0 Å². The molecule has 2 aliphatic rings. The highest BCUT2D eigenvalue weighted by molar-refractivity contribution is 7.91. The minimum Gasteiger partial charge on any atom is -0.393 e. The smallest absolute Gasteiger partial charge is 0.250 e. The molecular formula is C14H19ClN2O2S3. The largest absolute Gasteiger partial charge is 0.393 e. The van der Waals surface area contributed by atoms with Crippen LogP contribution in [0.25, 0.3) is 0 Å². The molecule has 0 spiro atoms. The lowest BCUT2D eigenvalue weighted by atomic mass is 9.78. The Labute approximate surface area is 145 Å². The normalized spacial score (nSPS) is 31.9. The van der Waals surface area contributed by atoms with Crippen molar-refractivity contribution in [2.45, 2.75) is 48.8 Å². The maximum absolute atomic E-state index is 12.7. The number of fused-ring (bicyclic) bond motifs is 2. The predicted octanol–water partition coefficient (Wildman–Crippen LogP) is 3.30. The van der Waals surface area contributed by atoms with E-state index in [4.69, 9.17) is 29.6 Å². The molecule has 0 radical (unpaired) electrons. The quantitative estimate of drug-likeness (QED) is 0.788. The summed E-state index contributed by atoms with van der Waals surface area (Å²) in [6.45, 7) is 0. The average molecular weight is 379 g/mol. The van der Waals surface area contributed by atoms with E-state index < -0.39 is 10.0 Å². The van der Waals surface area contributed by atoms with Gasteiger partial charge in [-0.25, -0.2) is 13.1 Å². The highest BCUT2D eigenvalue weighted by atomic mass is 35.5. The van der Waals surface area contributed by atoms with Crippen LogP contribution in [0, 0.1) is 11.3 Å². The summed E-state index contributed by atoms with van der Waals surface area (Å²) in [5.74, 6) is 0.314. The molecule has 0 aromatic carbocycles. The Morgan fingerprint density at radius 2 is 2.14 bits per heavy atom. The van der Waals surface area contributed by atoms with Crippen molar-refractivity contribution in [3.8, 4) is 0 Å². The van der Waals surface area contributed by atoms with E-state index >= 15 is 0 Å². The molecule has 3 rings (SSSR count). The molecule has 4 nitrogen and oxygen atoms in total. The first-order valence-electron chi connectivity index (χ1n) is 7.43. The van der Waals surface area contributed by atoms with E-state index in [1.807, 2.05) is 0 Å². The molecule has 3 unspecified atom stereocenters. The summed E-state index contributed by atoms with van der Waals surface area (Å²) in [6, 6.07) is 2.95. The van der Waals surface area contributed by atoms with Gasteiger partial charge < -0.3 is 5.73 Å². The van der Waals surface area contributed by atoms with Crippen molar-refractivity contribution in [1.29, 1.82) is 0 Å². The molecule has 3 atom stereocenters. The highest BCUT2D eigenvalue weighted by Crippen LogP contribution is 2.50. The van der Waals surface area contributed by atoms with Crippen LogP contribution < -0.4 is 10.5 Å². The highest BCUT2D eigenvalue weighted by Gasteiger charge is 2.52. The van der Waals surface area contributed by atoms with Crippen molar-refractivity contribution < 1.29 is 8.42 Å². The summed E-state index contributed by atoms with van der Waals surface area (Å²) in [4.78, 5) is 0.453. The van der Waals surface area contributed by atoms with Gasteiger partial charge in [0.15, 0.2) is 0 Å². The van der Waals surface area contributed by atoms with Crippen molar-refractivity contribution in [3.05, 3.63) is 16.5 Å². The van der Waals surface area contributed by atoms with Crippen LogP contribution in [0.4, 0.5) is 0 Å². The van der Waals surface area contributed by atoms with Crippen LogP contribution in [0.2, 0.25) is 4.34 Å². The van der Waals surface area contributed by atoms with Crippen LogP contribution in [0.3, 0.4) is 0 Å². The molecule has 0 amide bonds. The Morgan fingerprint density at radius 1 is 1.36 bits per heavy atom. The molecule has 1 heterocycles. The van der Waals surface area contributed by atoms with Gasteiger partial charge in [0.2, 0.25) is 10.0 Å². The number of nitrogens with one attached hydrogen (secondary N) is 1. The molecule has 2 bridgehead atoms. The molecule has 2 aliphatic carbocycles. The Balaban J connectivity index is 1.94. The first-order valence-corrected chi connectivity index (χ1v) is 10.5. The van der Waals surface area contributed by atoms with Crippen molar-refractivity contribution in [3.63, 3.8) is 0 Å². The maximum atomic E-state index is 12.7. The number of thiophene rings is 1. The molecule has 1 aromatic heterocycles. The first kappa shape index (κ1) is 16.6. The predicted molar refractivity (Wildman–Crippen MR) is 93.8 cm³/mol. The number of thiocarbonyl (C=S) groups is 1. The summed E-state index contributed by atoms with van der Waals surface area (Å²) >= 11 is 12.3. The van der Waals surface area contributed by atoms with Crippen LogP contribution in [-0.4, -0.2) is 19.4 Å². The molecule has 2 saturated carbocycles. The van der Waals surface area contributed by atoms with E-state index in [2.05, 4.69) is 4.72 Å². The van der Waals surface area contributed by atoms with Crippen molar-refractivity contribution >= 4 is 50.2 Å². The van der Waals surface area contributed by atoms with Gasteiger partial charge in [-0.1, -0.05) is 36.7 Å². The minimum absolute atomic E-state index is 0.196. The summed E-state index contributed by atoms with van der Waals surface area (Å²) in [6.07, 6.45) is 5.93. The number of hydrogen-bond acceptors (Lipinski definition) is 4. The Morgan fingerprint density at radius 3 is 2.77 bits per heavy atom. The van der Waals surface area contributed by atoms with Crippen LogP contribution in [0.1, 0.15) is 38.5 Å². The molecule has 1 aromatic rings. The standard InChI is InChI=1S/C14H19ClN2O2S3/c15-10-4-5-11(21-10)22(18,19)17-12-9-3-1-2-7-14(12,8-6-9)13(16)20/h4-5,9,12,17H,1-3,6-8H2,(H2,16,20). The number of halogens is 1. The summed E-state index contributed by atoms with van der Waals surface area (Å²) in [5, 5.41) is 0. The lowest BCUT2D eigenvalue weighted by Gasteiger charge is -2.35. The monoisotopic (exact) mass is 378 g/mol. The lowest BCUT2D eigenvalue weighted by Crippen LogP contribution is -2.52. The van der Waals surface area contributed by atoms with Crippen LogP contribution >= 0.6 is 35.2 Å². The molecule has 0 saturated heterocycles. The van der Waals surface area contributed by atoms with E-state index in [1.54, 1.807) is 12.1 Å². The fourth-order valence-electron chi connectivity index (χ4n) is 3.93. The lowest BCUT2D eigenvalue weighted by molar-refractivity contribution is 0.318. The number of rotatable bonds is 4. The molecular weight excluding hydrogens is 360 g/mol. The van der Waals surface area contributed by atoms with Crippen molar-refractivity contribution in [1.82, 2.24) is 4.72 Å². The van der Waals surface area contributed by atoms with E-state index in [0.29, 0.717) is 15.2 Å². The average Bonchev–Trinajstić information content (AvgIpc) is 2.93. The molecule has 3 N–H and O–H groups in total. The van der Waals surface area contributed by atoms with Gasteiger partial charge in [0, 0.05) is 11.5 Å². The topological polar surface area (TPSA) is 72.2 Å². The van der Waals surface area contributed by atoms with Crippen molar-refractivity contribution in [2.24, 2.45) is 17.1 Å². The van der Waals surface area contributed by atoms with Crippen LogP contribution in [-0.2, 0) is 10.0 Å². The number of nitrogens with two attached hydrogens (primary N) is 1. The molecule has 122 valence electrons. The number of sulfonamides is 1. The maximum Gasteiger partial charge on any atom is 0.250 e. The first-order chi connectivity index (χ1) is 10.3. The number of hydrogen-bond donors (Lipinski definition) is 2. The van der Waals surface area contributed by atoms with Crippen LogP contribution in [0.15, 0.2) is 16.3 Å². The molecule has 22 heavy (non-hydrogen) atoms. The summed E-state index contributed by atoms with van der Waals surface area (Å²) in [7, 11) is -3.58. The second-order valence-electron chi connectivity index (χ2n) is 6.22. The van der Waals surface area contributed by atoms with E-state index in [-0.39, 0.29) is 15.7 Å². The minimum atomic E-state index is -3.58. The van der Waals surface area contributed by atoms with Gasteiger partial charge in [-0.15, -0.1) is 11.3 Å². The summed E-state index contributed by atoms with van der Waals surface area (Å²) < 4.78 is 29.0. The fraction of sp³-hybridized carbons (Fsp3) is 0.643. The van der Waals surface area contributed by atoms with E-state index in [9.17, 15) is 8.42 Å². The third-order valence-corrected chi connectivity index (χ3v) is 8.63. The second-order valence-corrected chi connectivity index (χ2v) is 10.3. The van der Waals surface area contributed by atoms with Gasteiger partial charge in [-0.3, -0.25) is 0 Å². The SMILES string of the molecule is NC(=S)C12CCCCC(CC1)C2NS(=O)(=O)c1ccc(Cl)s1. The van der Waals surface area contributed by atoms with Gasteiger partial charge in [0.1, 0.15) is 4.21 Å². The van der Waals surface area contributed by atoms with Crippen molar-refractivity contribution in [2.75, 3.05) is 0 Å². The fourth-order valence-corrected chi connectivity index (χ4v) is 7.14. The Hall–Kier alpha value is -0.210. The summed E-state index contributed by atoms with van der Waals surface area (Å²) in [5.41, 5.74) is 5.67. The third-order valence-electron chi connectivity index (χ3n) is 5.06. The Kier molecular flexibility index (Phi) is 4.55. The zero-order valence-corrected chi connectivity index (χ0v) is 15.3. The zero-order chi connectivity index (χ0) is 16.0. The molecule has 2 fully saturated rings. The van der Waals surface area contributed by atoms with Gasteiger partial charge in [-0.05, 0) is 43.7 Å². The van der Waals surface area contributed by atoms with Gasteiger partial charge in [0.05, 0.1) is 9.32 Å². The second kappa shape index (κ2) is 6.02.